The molecule has 7 atom stereocenters. The fourth-order valence-electron chi connectivity index (χ4n) is 7.71. The van der Waals surface area contributed by atoms with E-state index in [0.717, 1.165) is 36.0 Å². The van der Waals surface area contributed by atoms with Gasteiger partial charge in [-0.15, -0.1) is 0 Å². The van der Waals surface area contributed by atoms with Gasteiger partial charge in [-0.3, -0.25) is 9.59 Å². The van der Waals surface area contributed by atoms with Gasteiger partial charge in [-0.2, -0.15) is 0 Å². The molecular formula is C40H47NO9. The number of allylic oxidation sites excluding steroid dienone is 1. The molecule has 2 aromatic rings. The highest BCUT2D eigenvalue weighted by Crippen LogP contribution is 2.45. The molecule has 2 aromatic carbocycles. The molecule has 10 nitrogen and oxygen atoms in total. The third kappa shape index (κ3) is 7.89. The molecule has 2 aliphatic heterocycles. The maximum atomic E-state index is 13.9. The van der Waals surface area contributed by atoms with E-state index in [1.807, 2.05) is 36.4 Å². The average Bonchev–Trinajstić information content (AvgIpc) is 3.64. The minimum atomic E-state index is -0.932. The summed E-state index contributed by atoms with van der Waals surface area (Å²) in [4.78, 5) is 39.9. The number of aliphatic hydroxyl groups excluding tert-OH is 1. The van der Waals surface area contributed by atoms with E-state index < -0.39 is 53.6 Å². The normalized spacial score (nSPS) is 28.3. The van der Waals surface area contributed by atoms with Crippen LogP contribution in [0.15, 0.2) is 66.3 Å². The Hall–Kier alpha value is -3.83. The van der Waals surface area contributed by atoms with Gasteiger partial charge in [0.1, 0.15) is 23.9 Å². The molecule has 1 spiro atoms. The van der Waals surface area contributed by atoms with E-state index in [1.165, 1.54) is 0 Å². The van der Waals surface area contributed by atoms with Gasteiger partial charge in [0.25, 0.3) is 0 Å². The highest BCUT2D eigenvalue weighted by molar-refractivity contribution is 5.95. The van der Waals surface area contributed by atoms with E-state index in [-0.39, 0.29) is 25.9 Å². The Kier molecular flexibility index (Phi) is 9.73. The first kappa shape index (κ1) is 34.6. The first-order chi connectivity index (χ1) is 24.0. The van der Waals surface area contributed by atoms with E-state index >= 15 is 0 Å². The van der Waals surface area contributed by atoms with Crippen LogP contribution in [0.4, 0.5) is 0 Å². The lowest BCUT2D eigenvalue weighted by atomic mass is 9.88. The average molecular weight is 686 g/mol. The predicted molar refractivity (Wildman–Crippen MR) is 184 cm³/mol. The number of ether oxygens (including phenoxy) is 5. The zero-order valence-electron chi connectivity index (χ0n) is 29.0. The van der Waals surface area contributed by atoms with Gasteiger partial charge in [-0.1, -0.05) is 54.6 Å². The smallest absolute Gasteiger partial charge is 0.339 e. The Balaban J connectivity index is 1.08. The van der Waals surface area contributed by atoms with Gasteiger partial charge in [0, 0.05) is 31.3 Å². The molecule has 2 saturated heterocycles. The second-order valence-corrected chi connectivity index (χ2v) is 15.2. The van der Waals surface area contributed by atoms with Crippen molar-refractivity contribution in [1.29, 1.82) is 0 Å². The van der Waals surface area contributed by atoms with E-state index in [4.69, 9.17) is 23.7 Å². The highest BCUT2D eigenvalue weighted by atomic mass is 16.8. The molecule has 0 aromatic heterocycles. The van der Waals surface area contributed by atoms with E-state index in [9.17, 15) is 19.5 Å². The number of hydrogen-bond acceptors (Lipinski definition) is 9. The minimum Gasteiger partial charge on any atom is -0.460 e. The van der Waals surface area contributed by atoms with Crippen molar-refractivity contribution in [2.24, 2.45) is 5.92 Å². The van der Waals surface area contributed by atoms with Crippen LogP contribution in [-0.2, 0) is 46.1 Å². The maximum absolute atomic E-state index is 13.9. The molecule has 7 rings (SSSR count). The number of carbonyl (C=O) groups excluding carboxylic acids is 3. The fraction of sp³-hybridized carbons (Fsp3) is 0.525. The molecule has 10 heteroatoms. The van der Waals surface area contributed by atoms with Crippen LogP contribution in [0.5, 0.6) is 0 Å². The SMILES string of the molecule is CC(C)(C)OC(=O)CCC(CO)NC(=O)C1=CC2OC3(Cc4ccccc4C3)OC2C(OC(=O)c2ccccc2C=CC2CCC3OC3C2)C1. The second-order valence-electron chi connectivity index (χ2n) is 15.2. The van der Waals surface area contributed by atoms with Gasteiger partial charge in [-0.05, 0) is 81.2 Å². The summed E-state index contributed by atoms with van der Waals surface area (Å²) in [6.45, 7) is 5.01. The van der Waals surface area contributed by atoms with Gasteiger partial charge in [0.15, 0.2) is 5.79 Å². The number of amides is 1. The molecule has 5 aliphatic rings. The van der Waals surface area contributed by atoms with Crippen LogP contribution in [0.2, 0.25) is 0 Å². The van der Waals surface area contributed by atoms with Gasteiger partial charge < -0.3 is 34.1 Å². The van der Waals surface area contributed by atoms with Crippen LogP contribution in [0.3, 0.4) is 0 Å². The first-order valence-corrected chi connectivity index (χ1v) is 17.9. The second kappa shape index (κ2) is 14.1. The van der Waals surface area contributed by atoms with E-state index in [1.54, 1.807) is 32.9 Å². The minimum absolute atomic E-state index is 0.0380. The third-order valence-electron chi connectivity index (χ3n) is 10.2. The Bertz CT molecular complexity index is 1650. The number of hydrogen-bond donors (Lipinski definition) is 2. The standard InChI is InChI=1S/C40H47NO9/c1-39(2,3)49-35(43)17-15-29(23-42)41-37(44)28-19-33(36-34(20-28)48-40(50-36)21-26-9-4-5-10-27(26)22-40)47-38(45)30-11-7-6-8-25(30)14-12-24-13-16-31-32(18-24)46-31/h4-12,14,20,24,29,31-34,36,42H,13,15-19,21-23H2,1-3H3,(H,41,44). The van der Waals surface area contributed by atoms with Crippen LogP contribution >= 0.6 is 0 Å². The van der Waals surface area contributed by atoms with Gasteiger partial charge >= 0.3 is 11.9 Å². The van der Waals surface area contributed by atoms with Crippen molar-refractivity contribution in [1.82, 2.24) is 5.32 Å². The van der Waals surface area contributed by atoms with Gasteiger partial charge in [-0.25, -0.2) is 4.79 Å². The lowest BCUT2D eigenvalue weighted by molar-refractivity contribution is -0.172. The largest absolute Gasteiger partial charge is 0.460 e. The van der Waals surface area contributed by atoms with Crippen molar-refractivity contribution < 1.29 is 43.2 Å². The van der Waals surface area contributed by atoms with Crippen molar-refractivity contribution in [3.05, 3.63) is 88.5 Å². The number of benzene rings is 2. The fourth-order valence-corrected chi connectivity index (χ4v) is 7.71. The Morgan fingerprint density at radius 1 is 1.02 bits per heavy atom. The highest BCUT2D eigenvalue weighted by Gasteiger charge is 2.55. The van der Waals surface area contributed by atoms with Crippen molar-refractivity contribution in [3.8, 4) is 0 Å². The molecule has 50 heavy (non-hydrogen) atoms. The summed E-state index contributed by atoms with van der Waals surface area (Å²) in [7, 11) is 0. The number of esters is 2. The molecule has 2 N–H and O–H groups in total. The Labute approximate surface area is 293 Å². The van der Waals surface area contributed by atoms with Crippen molar-refractivity contribution in [3.63, 3.8) is 0 Å². The summed E-state index contributed by atoms with van der Waals surface area (Å²) in [5.41, 5.74) is 3.20. The molecule has 1 saturated carbocycles. The van der Waals surface area contributed by atoms with Crippen LogP contribution in [0.25, 0.3) is 6.08 Å². The monoisotopic (exact) mass is 685 g/mol. The van der Waals surface area contributed by atoms with Gasteiger partial charge in [0.2, 0.25) is 5.91 Å². The molecule has 1 amide bonds. The molecule has 0 bridgehead atoms. The number of fused-ring (bicyclic) bond motifs is 3. The van der Waals surface area contributed by atoms with Gasteiger partial charge in [0.05, 0.1) is 30.4 Å². The molecule has 266 valence electrons. The topological polar surface area (TPSA) is 133 Å². The van der Waals surface area contributed by atoms with Crippen molar-refractivity contribution in [2.75, 3.05) is 6.61 Å². The van der Waals surface area contributed by atoms with Crippen LogP contribution in [-0.4, -0.2) is 77.5 Å². The summed E-state index contributed by atoms with van der Waals surface area (Å²) in [5.74, 6) is -1.87. The predicted octanol–water partition coefficient (Wildman–Crippen LogP) is 5.00. The summed E-state index contributed by atoms with van der Waals surface area (Å²) in [5, 5.41) is 12.9. The number of aliphatic hydroxyl groups is 1. The van der Waals surface area contributed by atoms with E-state index in [0.29, 0.717) is 42.1 Å². The molecule has 3 fully saturated rings. The van der Waals surface area contributed by atoms with Crippen molar-refractivity contribution in [2.45, 2.75) is 120 Å². The Morgan fingerprint density at radius 3 is 2.48 bits per heavy atom. The lowest BCUT2D eigenvalue weighted by Crippen LogP contribution is -2.45. The number of rotatable bonds is 10. The summed E-state index contributed by atoms with van der Waals surface area (Å²) in [6, 6.07) is 14.8. The summed E-state index contributed by atoms with van der Waals surface area (Å²) in [6.07, 6.45) is 9.18. The van der Waals surface area contributed by atoms with Crippen molar-refractivity contribution >= 4 is 23.9 Å². The van der Waals surface area contributed by atoms with Crippen LogP contribution in [0, 0.1) is 5.92 Å². The third-order valence-corrected chi connectivity index (χ3v) is 10.2. The quantitative estimate of drug-likeness (QED) is 0.262. The summed E-state index contributed by atoms with van der Waals surface area (Å²) >= 11 is 0. The number of nitrogens with one attached hydrogen (secondary N) is 1. The zero-order valence-corrected chi connectivity index (χ0v) is 29.0. The molecule has 0 radical (unpaired) electrons. The Morgan fingerprint density at radius 2 is 1.76 bits per heavy atom. The zero-order chi connectivity index (χ0) is 35.0. The molecule has 2 heterocycles. The molecule has 3 aliphatic carbocycles. The number of epoxide rings is 1. The first-order valence-electron chi connectivity index (χ1n) is 17.9. The number of carbonyl (C=O) groups is 3. The lowest BCUT2D eigenvalue weighted by Gasteiger charge is -2.31. The molecule has 7 unspecified atom stereocenters. The van der Waals surface area contributed by atoms with Crippen LogP contribution < -0.4 is 5.32 Å². The van der Waals surface area contributed by atoms with E-state index in [2.05, 4.69) is 23.5 Å². The maximum Gasteiger partial charge on any atom is 0.339 e. The summed E-state index contributed by atoms with van der Waals surface area (Å²) < 4.78 is 30.6. The molecular weight excluding hydrogens is 638 g/mol. The van der Waals surface area contributed by atoms with Crippen LogP contribution in [0.1, 0.15) is 86.3 Å².